The first-order valence-corrected chi connectivity index (χ1v) is 7.54. The molecule has 6 heteroatoms. The Hall–Kier alpha value is -3.28. The lowest BCUT2D eigenvalue weighted by atomic mass is 10.2. The third-order valence-electron chi connectivity index (χ3n) is 3.22. The van der Waals surface area contributed by atoms with Crippen molar-refractivity contribution in [2.45, 2.75) is 0 Å². The molecule has 1 amide bonds. The molecule has 0 heterocycles. The summed E-state index contributed by atoms with van der Waals surface area (Å²) in [6.45, 7) is -0.383. The van der Waals surface area contributed by atoms with Crippen LogP contribution in [0.25, 0.3) is 6.08 Å². The summed E-state index contributed by atoms with van der Waals surface area (Å²) in [7, 11) is 3.03. The summed E-state index contributed by atoms with van der Waals surface area (Å²) in [5.41, 5.74) is 1.38. The Morgan fingerprint density at radius 3 is 2.40 bits per heavy atom. The van der Waals surface area contributed by atoms with E-state index in [1.54, 1.807) is 24.3 Å². The predicted octanol–water partition coefficient (Wildman–Crippen LogP) is 2.90. The average Bonchev–Trinajstić information content (AvgIpc) is 2.65. The lowest BCUT2D eigenvalue weighted by Crippen LogP contribution is -2.20. The number of esters is 1. The Labute approximate surface area is 146 Å². The van der Waals surface area contributed by atoms with Crippen LogP contribution >= 0.6 is 0 Å². The minimum Gasteiger partial charge on any atom is -0.493 e. The van der Waals surface area contributed by atoms with Crippen LogP contribution in [0.15, 0.2) is 54.6 Å². The summed E-state index contributed by atoms with van der Waals surface area (Å²) in [6, 6.07) is 14.3. The van der Waals surface area contributed by atoms with Crippen LogP contribution in [0.1, 0.15) is 5.56 Å². The van der Waals surface area contributed by atoms with Crippen LogP contribution < -0.4 is 14.8 Å². The molecule has 25 heavy (non-hydrogen) atoms. The Kier molecular flexibility index (Phi) is 6.59. The fourth-order valence-electron chi connectivity index (χ4n) is 2.02. The summed E-state index contributed by atoms with van der Waals surface area (Å²) in [5.74, 6) is 0.000982. The lowest BCUT2D eigenvalue weighted by Gasteiger charge is -2.10. The SMILES string of the molecule is COc1ccc(NC(=O)COC(=O)C=Cc2ccccc2)cc1OC. The van der Waals surface area contributed by atoms with Gasteiger partial charge in [-0.25, -0.2) is 4.79 Å². The first-order valence-electron chi connectivity index (χ1n) is 7.54. The zero-order chi connectivity index (χ0) is 18.1. The molecule has 0 saturated heterocycles. The van der Waals surface area contributed by atoms with Gasteiger partial charge in [-0.2, -0.15) is 0 Å². The number of amides is 1. The van der Waals surface area contributed by atoms with Crippen molar-refractivity contribution in [3.05, 3.63) is 60.2 Å². The molecule has 0 saturated carbocycles. The third-order valence-corrected chi connectivity index (χ3v) is 3.22. The van der Waals surface area contributed by atoms with Crippen molar-refractivity contribution in [1.82, 2.24) is 0 Å². The second-order valence-electron chi connectivity index (χ2n) is 4.97. The van der Waals surface area contributed by atoms with Crippen LogP contribution in [0.5, 0.6) is 11.5 Å². The fourth-order valence-corrected chi connectivity index (χ4v) is 2.02. The molecule has 0 aliphatic rings. The average molecular weight is 341 g/mol. The van der Waals surface area contributed by atoms with Gasteiger partial charge in [-0.3, -0.25) is 4.79 Å². The van der Waals surface area contributed by atoms with Gasteiger partial charge in [0.25, 0.3) is 5.91 Å². The summed E-state index contributed by atoms with van der Waals surface area (Å²) in [6.07, 6.45) is 2.90. The largest absolute Gasteiger partial charge is 0.493 e. The molecule has 2 aromatic rings. The van der Waals surface area contributed by atoms with Crippen molar-refractivity contribution >= 4 is 23.6 Å². The molecule has 130 valence electrons. The molecule has 0 aliphatic heterocycles. The number of hydrogen-bond acceptors (Lipinski definition) is 5. The van der Waals surface area contributed by atoms with Crippen LogP contribution in [0, 0.1) is 0 Å². The molecule has 0 radical (unpaired) electrons. The molecule has 0 spiro atoms. The van der Waals surface area contributed by atoms with Crippen molar-refractivity contribution in [1.29, 1.82) is 0 Å². The van der Waals surface area contributed by atoms with E-state index in [9.17, 15) is 9.59 Å². The highest BCUT2D eigenvalue weighted by Gasteiger charge is 2.09. The van der Waals surface area contributed by atoms with Crippen LogP contribution in [0.4, 0.5) is 5.69 Å². The number of rotatable bonds is 7. The van der Waals surface area contributed by atoms with Crippen LogP contribution in [-0.2, 0) is 14.3 Å². The maximum Gasteiger partial charge on any atom is 0.331 e. The van der Waals surface area contributed by atoms with Crippen molar-refractivity contribution in [2.24, 2.45) is 0 Å². The third kappa shape index (κ3) is 5.69. The van der Waals surface area contributed by atoms with Gasteiger partial charge in [0, 0.05) is 17.8 Å². The maximum absolute atomic E-state index is 11.9. The standard InChI is InChI=1S/C19H19NO5/c1-23-16-10-9-15(12-17(16)24-2)20-18(21)13-25-19(22)11-8-14-6-4-3-5-7-14/h3-12H,13H2,1-2H3,(H,20,21). The van der Waals surface area contributed by atoms with Crippen molar-refractivity contribution < 1.29 is 23.8 Å². The Morgan fingerprint density at radius 1 is 1.00 bits per heavy atom. The Bertz CT molecular complexity index is 756. The highest BCUT2D eigenvalue weighted by Crippen LogP contribution is 2.29. The minimum absolute atomic E-state index is 0.383. The number of carbonyl (C=O) groups excluding carboxylic acids is 2. The van der Waals surface area contributed by atoms with E-state index in [0.29, 0.717) is 17.2 Å². The summed E-state index contributed by atoms with van der Waals surface area (Å²) in [5, 5.41) is 2.62. The molecule has 6 nitrogen and oxygen atoms in total. The molecule has 0 aliphatic carbocycles. The van der Waals surface area contributed by atoms with Crippen LogP contribution in [0.2, 0.25) is 0 Å². The molecule has 1 N–H and O–H groups in total. The van der Waals surface area contributed by atoms with E-state index in [0.717, 1.165) is 5.56 Å². The van der Waals surface area contributed by atoms with E-state index in [4.69, 9.17) is 14.2 Å². The smallest absolute Gasteiger partial charge is 0.331 e. The summed E-state index contributed by atoms with van der Waals surface area (Å²) in [4.78, 5) is 23.5. The van der Waals surface area contributed by atoms with E-state index >= 15 is 0 Å². The summed E-state index contributed by atoms with van der Waals surface area (Å²) < 4.78 is 15.2. The van der Waals surface area contributed by atoms with E-state index in [1.807, 2.05) is 30.3 Å². The van der Waals surface area contributed by atoms with E-state index in [-0.39, 0.29) is 6.61 Å². The van der Waals surface area contributed by atoms with Crippen molar-refractivity contribution in [3.8, 4) is 11.5 Å². The lowest BCUT2D eigenvalue weighted by molar-refractivity contribution is -0.142. The number of carbonyl (C=O) groups is 2. The number of benzene rings is 2. The predicted molar refractivity (Wildman–Crippen MR) is 94.6 cm³/mol. The van der Waals surface area contributed by atoms with Crippen molar-refractivity contribution in [3.63, 3.8) is 0 Å². The highest BCUT2D eigenvalue weighted by molar-refractivity contribution is 5.94. The highest BCUT2D eigenvalue weighted by atomic mass is 16.5. The molecule has 0 atom stereocenters. The number of anilines is 1. The molecule has 0 fully saturated rings. The number of hydrogen-bond donors (Lipinski definition) is 1. The van der Waals surface area contributed by atoms with Crippen LogP contribution in [-0.4, -0.2) is 32.7 Å². The number of nitrogens with one attached hydrogen (secondary N) is 1. The van der Waals surface area contributed by atoms with Gasteiger partial charge in [0.2, 0.25) is 0 Å². The minimum atomic E-state index is -0.591. The maximum atomic E-state index is 11.9. The quantitative estimate of drug-likeness (QED) is 0.619. The molecule has 0 bridgehead atoms. The molecule has 0 unspecified atom stereocenters. The van der Waals surface area contributed by atoms with Crippen molar-refractivity contribution in [2.75, 3.05) is 26.1 Å². The van der Waals surface area contributed by atoms with Gasteiger partial charge in [-0.15, -0.1) is 0 Å². The zero-order valence-corrected chi connectivity index (χ0v) is 14.0. The Morgan fingerprint density at radius 2 is 1.72 bits per heavy atom. The van der Waals surface area contributed by atoms with Gasteiger partial charge in [0.05, 0.1) is 14.2 Å². The zero-order valence-electron chi connectivity index (χ0n) is 14.0. The molecule has 2 rings (SSSR count). The number of methoxy groups -OCH3 is 2. The first kappa shape index (κ1) is 18.1. The van der Waals surface area contributed by atoms with E-state index in [1.165, 1.54) is 20.3 Å². The second-order valence-corrected chi connectivity index (χ2v) is 4.97. The van der Waals surface area contributed by atoms with Gasteiger partial charge in [0.15, 0.2) is 18.1 Å². The normalized spacial score (nSPS) is 10.3. The van der Waals surface area contributed by atoms with Gasteiger partial charge in [-0.05, 0) is 23.8 Å². The molecule has 2 aromatic carbocycles. The first-order chi connectivity index (χ1) is 12.1. The topological polar surface area (TPSA) is 73.9 Å². The van der Waals surface area contributed by atoms with Gasteiger partial charge >= 0.3 is 5.97 Å². The van der Waals surface area contributed by atoms with E-state index in [2.05, 4.69) is 5.32 Å². The molecular weight excluding hydrogens is 322 g/mol. The molecular formula is C19H19NO5. The molecule has 0 aromatic heterocycles. The Balaban J connectivity index is 1.84. The van der Waals surface area contributed by atoms with Crippen LogP contribution in [0.3, 0.4) is 0 Å². The van der Waals surface area contributed by atoms with Gasteiger partial charge in [0.1, 0.15) is 0 Å². The van der Waals surface area contributed by atoms with Gasteiger partial charge < -0.3 is 19.5 Å². The van der Waals surface area contributed by atoms with Gasteiger partial charge in [-0.1, -0.05) is 30.3 Å². The van der Waals surface area contributed by atoms with E-state index < -0.39 is 11.9 Å². The second kappa shape index (κ2) is 9.12. The summed E-state index contributed by atoms with van der Waals surface area (Å²) >= 11 is 0. The monoisotopic (exact) mass is 341 g/mol. The number of ether oxygens (including phenoxy) is 3. The fraction of sp³-hybridized carbons (Fsp3) is 0.158.